The molecule has 1 atom stereocenters. The molecule has 0 spiro atoms. The Morgan fingerprint density at radius 3 is 1.95 bits per heavy atom. The van der Waals surface area contributed by atoms with Gasteiger partial charge in [0.15, 0.2) is 0 Å². The fourth-order valence-corrected chi connectivity index (χ4v) is 5.69. The highest BCUT2D eigenvalue weighted by molar-refractivity contribution is 7.92. The highest BCUT2D eigenvalue weighted by Crippen LogP contribution is 2.27. The number of hydrogen-bond donors (Lipinski definition) is 1. The van der Waals surface area contributed by atoms with E-state index in [1.165, 1.54) is 4.31 Å². The van der Waals surface area contributed by atoms with Crippen LogP contribution in [0.3, 0.4) is 0 Å². The van der Waals surface area contributed by atoms with Crippen LogP contribution in [0.15, 0.2) is 114 Å². The lowest BCUT2D eigenvalue weighted by molar-refractivity contribution is -0.120. The lowest BCUT2D eigenvalue weighted by Gasteiger charge is -2.26. The maximum absolute atomic E-state index is 13.7. The largest absolute Gasteiger partial charge is 0.344 e. The van der Waals surface area contributed by atoms with Gasteiger partial charge in [-0.25, -0.2) is 8.42 Å². The van der Waals surface area contributed by atoms with Gasteiger partial charge in [0, 0.05) is 0 Å². The van der Waals surface area contributed by atoms with Crippen LogP contribution >= 0.6 is 0 Å². The molecule has 37 heavy (non-hydrogen) atoms. The van der Waals surface area contributed by atoms with Crippen LogP contribution in [0.2, 0.25) is 0 Å². The van der Waals surface area contributed by atoms with Crippen molar-refractivity contribution in [2.45, 2.75) is 37.6 Å². The summed E-state index contributed by atoms with van der Waals surface area (Å²) in [6, 6.07) is 32.8. The number of anilines is 1. The van der Waals surface area contributed by atoms with Gasteiger partial charge in [-0.3, -0.25) is 9.10 Å². The zero-order chi connectivity index (χ0) is 26.4. The summed E-state index contributed by atoms with van der Waals surface area (Å²) in [5, 5.41) is 3.09. The van der Waals surface area contributed by atoms with E-state index in [4.69, 9.17) is 0 Å². The zero-order valence-corrected chi connectivity index (χ0v) is 22.2. The van der Waals surface area contributed by atoms with Crippen molar-refractivity contribution in [3.63, 3.8) is 0 Å². The predicted molar refractivity (Wildman–Crippen MR) is 149 cm³/mol. The van der Waals surface area contributed by atoms with E-state index in [1.807, 2.05) is 73.7 Å². The first-order valence-corrected chi connectivity index (χ1v) is 13.8. The van der Waals surface area contributed by atoms with Gasteiger partial charge in [0.05, 0.1) is 16.6 Å². The van der Waals surface area contributed by atoms with Crippen LogP contribution in [0.25, 0.3) is 0 Å². The maximum atomic E-state index is 13.7. The summed E-state index contributed by atoms with van der Waals surface area (Å²) in [4.78, 5) is 13.6. The number of nitrogens with zero attached hydrogens (tertiary/aromatic N) is 1. The van der Waals surface area contributed by atoms with Gasteiger partial charge >= 0.3 is 0 Å². The van der Waals surface area contributed by atoms with E-state index in [2.05, 4.69) is 19.2 Å². The minimum atomic E-state index is -3.98. The molecule has 4 aromatic carbocycles. The van der Waals surface area contributed by atoms with Crippen molar-refractivity contribution >= 4 is 21.6 Å². The smallest absolute Gasteiger partial charge is 0.264 e. The van der Waals surface area contributed by atoms with E-state index < -0.39 is 22.0 Å². The standard InChI is InChI=1S/C31H32N2O3S/c1-23(2)25-17-19-28(20-18-25)33(37(35,36)29-15-8-5-9-16-29)22-30(34)32-31(26-12-6-4-7-13-26)27-14-10-11-24(3)21-27/h4-21,23,31H,22H2,1-3H3,(H,32,34). The first-order chi connectivity index (χ1) is 17.8. The summed E-state index contributed by atoms with van der Waals surface area (Å²) in [6.07, 6.45) is 0. The second kappa shape index (κ2) is 11.4. The topological polar surface area (TPSA) is 66.5 Å². The highest BCUT2D eigenvalue weighted by Gasteiger charge is 2.28. The Morgan fingerprint density at radius 2 is 1.35 bits per heavy atom. The van der Waals surface area contributed by atoms with E-state index in [9.17, 15) is 13.2 Å². The minimum Gasteiger partial charge on any atom is -0.344 e. The van der Waals surface area contributed by atoms with Crippen molar-refractivity contribution in [3.8, 4) is 0 Å². The number of nitrogens with one attached hydrogen (secondary N) is 1. The molecule has 4 aromatic rings. The Morgan fingerprint density at radius 1 is 0.757 bits per heavy atom. The third kappa shape index (κ3) is 6.27. The first-order valence-electron chi connectivity index (χ1n) is 12.3. The monoisotopic (exact) mass is 512 g/mol. The fourth-order valence-electron chi connectivity index (χ4n) is 4.25. The molecule has 0 saturated heterocycles. The molecule has 0 heterocycles. The van der Waals surface area contributed by atoms with Crippen molar-refractivity contribution in [3.05, 3.63) is 131 Å². The molecule has 1 amide bonds. The Labute approximate surface area is 219 Å². The average Bonchev–Trinajstić information content (AvgIpc) is 2.91. The number of aryl methyl sites for hydroxylation is 1. The molecule has 0 bridgehead atoms. The van der Waals surface area contributed by atoms with Gasteiger partial charge in [0.1, 0.15) is 6.54 Å². The average molecular weight is 513 g/mol. The lowest BCUT2D eigenvalue weighted by atomic mass is 9.97. The molecule has 1 N–H and O–H groups in total. The molecular formula is C31H32N2O3S. The van der Waals surface area contributed by atoms with Crippen molar-refractivity contribution in [2.75, 3.05) is 10.8 Å². The normalized spacial score (nSPS) is 12.2. The molecule has 0 saturated carbocycles. The third-order valence-corrected chi connectivity index (χ3v) is 8.07. The summed E-state index contributed by atoms with van der Waals surface area (Å²) < 4.78 is 28.6. The summed E-state index contributed by atoms with van der Waals surface area (Å²) in [5.41, 5.74) is 4.45. The minimum absolute atomic E-state index is 0.133. The van der Waals surface area contributed by atoms with E-state index in [-0.39, 0.29) is 11.4 Å². The molecule has 0 aliphatic carbocycles. The van der Waals surface area contributed by atoms with E-state index in [0.717, 1.165) is 22.3 Å². The van der Waals surface area contributed by atoms with Crippen LogP contribution in [-0.4, -0.2) is 20.9 Å². The first kappa shape index (κ1) is 26.2. The van der Waals surface area contributed by atoms with Crippen molar-refractivity contribution in [1.82, 2.24) is 5.32 Å². The molecular weight excluding hydrogens is 480 g/mol. The zero-order valence-electron chi connectivity index (χ0n) is 21.3. The van der Waals surface area contributed by atoms with Crippen LogP contribution in [0.1, 0.15) is 48.1 Å². The molecule has 0 aromatic heterocycles. The molecule has 0 aliphatic rings. The maximum Gasteiger partial charge on any atom is 0.264 e. The molecule has 4 rings (SSSR count). The van der Waals surface area contributed by atoms with Gasteiger partial charge in [-0.15, -0.1) is 0 Å². The van der Waals surface area contributed by atoms with Crippen LogP contribution in [-0.2, 0) is 14.8 Å². The number of rotatable bonds is 9. The van der Waals surface area contributed by atoms with E-state index in [0.29, 0.717) is 11.6 Å². The molecule has 5 nitrogen and oxygen atoms in total. The number of sulfonamides is 1. The number of benzene rings is 4. The van der Waals surface area contributed by atoms with E-state index >= 15 is 0 Å². The van der Waals surface area contributed by atoms with Gasteiger partial charge in [0.25, 0.3) is 10.0 Å². The van der Waals surface area contributed by atoms with E-state index in [1.54, 1.807) is 42.5 Å². The van der Waals surface area contributed by atoms with Crippen LogP contribution in [0.4, 0.5) is 5.69 Å². The van der Waals surface area contributed by atoms with Gasteiger partial charge < -0.3 is 5.32 Å². The van der Waals surface area contributed by atoms with Gasteiger partial charge in [-0.1, -0.05) is 104 Å². The predicted octanol–water partition coefficient (Wildman–Crippen LogP) is 6.22. The number of amides is 1. The Kier molecular flexibility index (Phi) is 8.09. The summed E-state index contributed by atoms with van der Waals surface area (Å²) >= 11 is 0. The Hall–Kier alpha value is -3.90. The SMILES string of the molecule is Cc1cccc(C(NC(=O)CN(c2ccc(C(C)C)cc2)S(=O)(=O)c2ccccc2)c2ccccc2)c1. The Balaban J connectivity index is 1.69. The van der Waals surface area contributed by atoms with Gasteiger partial charge in [-0.2, -0.15) is 0 Å². The lowest BCUT2D eigenvalue weighted by Crippen LogP contribution is -2.42. The number of carbonyl (C=O) groups is 1. The number of hydrogen-bond acceptors (Lipinski definition) is 3. The second-order valence-corrected chi connectivity index (χ2v) is 11.3. The molecule has 190 valence electrons. The highest BCUT2D eigenvalue weighted by atomic mass is 32.2. The molecule has 1 unspecified atom stereocenters. The van der Waals surface area contributed by atoms with Gasteiger partial charge in [-0.05, 0) is 53.8 Å². The fraction of sp³-hybridized carbons (Fsp3) is 0.194. The van der Waals surface area contributed by atoms with Crippen molar-refractivity contribution < 1.29 is 13.2 Å². The summed E-state index contributed by atoms with van der Waals surface area (Å²) in [6.45, 7) is 5.81. The molecule has 6 heteroatoms. The molecule has 0 radical (unpaired) electrons. The molecule has 0 aliphatic heterocycles. The van der Waals surface area contributed by atoms with Gasteiger partial charge in [0.2, 0.25) is 5.91 Å². The van der Waals surface area contributed by atoms with Crippen molar-refractivity contribution in [2.24, 2.45) is 0 Å². The number of carbonyl (C=O) groups excluding carboxylic acids is 1. The molecule has 0 fully saturated rings. The third-order valence-electron chi connectivity index (χ3n) is 6.28. The van der Waals surface area contributed by atoms with Crippen LogP contribution < -0.4 is 9.62 Å². The van der Waals surface area contributed by atoms with Crippen LogP contribution in [0.5, 0.6) is 0 Å². The quantitative estimate of drug-likeness (QED) is 0.290. The summed E-state index contributed by atoms with van der Waals surface area (Å²) in [5.74, 6) is -0.0970. The second-order valence-electron chi connectivity index (χ2n) is 9.40. The van der Waals surface area contributed by atoms with Crippen molar-refractivity contribution in [1.29, 1.82) is 0 Å². The van der Waals surface area contributed by atoms with Crippen LogP contribution in [0, 0.1) is 6.92 Å². The summed E-state index contributed by atoms with van der Waals surface area (Å²) in [7, 11) is -3.98. The Bertz CT molecular complexity index is 1440.